The number of rotatable bonds is 0. The summed E-state index contributed by atoms with van der Waals surface area (Å²) in [6.07, 6.45) is 55.5. The van der Waals surface area contributed by atoms with E-state index in [1.807, 2.05) is 97.2 Å². The van der Waals surface area contributed by atoms with Gasteiger partial charge in [-0.05, 0) is 25.7 Å². The second-order valence-corrected chi connectivity index (χ2v) is 6.34. The molecule has 0 amide bonds. The molecule has 0 spiro atoms. The van der Waals surface area contributed by atoms with E-state index >= 15 is 0 Å². The fourth-order valence-corrected chi connectivity index (χ4v) is 2.33. The van der Waals surface area contributed by atoms with Crippen LogP contribution in [0.1, 0.15) is 32.1 Å². The van der Waals surface area contributed by atoms with Crippen LogP contribution >= 0.6 is 0 Å². The molecule has 0 N–H and O–H groups in total. The first kappa shape index (κ1) is 23.9. The summed E-state index contributed by atoms with van der Waals surface area (Å²) in [6.45, 7) is 0. The Kier molecular flexibility index (Phi) is 17.5. The Morgan fingerprint density at radius 2 is 0.414 bits per heavy atom. The predicted octanol–water partition coefficient (Wildman–Crippen LogP) is 8.62. The molecule has 0 fully saturated rings. The van der Waals surface area contributed by atoms with E-state index < -0.39 is 0 Å². The van der Waals surface area contributed by atoms with Crippen LogP contribution in [0.4, 0.5) is 0 Å². The van der Waals surface area contributed by atoms with Crippen LogP contribution in [0.15, 0.2) is 146 Å². The van der Waals surface area contributed by atoms with Crippen molar-refractivity contribution in [1.29, 1.82) is 0 Å². The first-order valence-electron chi connectivity index (χ1n) is 10.5. The van der Waals surface area contributed by atoms with Gasteiger partial charge in [-0.15, -0.1) is 0 Å². The molecular formula is C29H34. The first-order chi connectivity index (χ1) is 14.5. The second kappa shape index (κ2) is 21.2. The summed E-state index contributed by atoms with van der Waals surface area (Å²) in [5, 5.41) is 0. The number of allylic oxidation sites excluding steroid dienone is 24. The van der Waals surface area contributed by atoms with Crippen LogP contribution in [0, 0.1) is 0 Å². The summed E-state index contributed by atoms with van der Waals surface area (Å²) >= 11 is 0. The van der Waals surface area contributed by atoms with Crippen LogP contribution in [-0.4, -0.2) is 0 Å². The maximum atomic E-state index is 2.25. The van der Waals surface area contributed by atoms with Crippen LogP contribution in [-0.2, 0) is 0 Å². The summed E-state index contributed by atoms with van der Waals surface area (Å²) in [7, 11) is 0. The summed E-state index contributed by atoms with van der Waals surface area (Å²) in [4.78, 5) is 0. The van der Waals surface area contributed by atoms with E-state index in [-0.39, 0.29) is 0 Å². The normalized spacial score (nSPS) is 29.5. The highest BCUT2D eigenvalue weighted by Gasteiger charge is 1.84. The molecular weight excluding hydrogens is 348 g/mol. The van der Waals surface area contributed by atoms with Gasteiger partial charge in [-0.2, -0.15) is 0 Å². The van der Waals surface area contributed by atoms with Gasteiger partial charge in [0.2, 0.25) is 0 Å². The summed E-state index contributed by atoms with van der Waals surface area (Å²) < 4.78 is 0. The Balaban J connectivity index is 2.53. The van der Waals surface area contributed by atoms with E-state index in [9.17, 15) is 0 Å². The fraction of sp³-hybridized carbons (Fsp3) is 0.172. The molecule has 0 aromatic rings. The van der Waals surface area contributed by atoms with Crippen LogP contribution in [0.25, 0.3) is 0 Å². The molecule has 0 atom stereocenters. The summed E-state index contributed by atoms with van der Waals surface area (Å²) in [5.74, 6) is 0. The highest BCUT2D eigenvalue weighted by Crippen LogP contribution is 2.04. The van der Waals surface area contributed by atoms with Crippen molar-refractivity contribution in [3.8, 4) is 0 Å². The zero-order chi connectivity index (χ0) is 20.5. The lowest BCUT2D eigenvalue weighted by molar-refractivity contribution is 0.696. The largest absolute Gasteiger partial charge is 0.0845 e. The Hall–Kier alpha value is -3.12. The SMILES string of the molecule is C1=CCCCCC\C=C/C=C\C=C/C=C\C=C\C=C/C=C\C=C/C=C\C=C/C=C\1. The average molecular weight is 383 g/mol. The third-order valence-corrected chi connectivity index (χ3v) is 3.85. The first-order valence-corrected chi connectivity index (χ1v) is 10.5. The van der Waals surface area contributed by atoms with Crippen LogP contribution in [0.2, 0.25) is 0 Å². The zero-order valence-corrected chi connectivity index (χ0v) is 17.4. The van der Waals surface area contributed by atoms with Crippen molar-refractivity contribution in [2.75, 3.05) is 0 Å². The van der Waals surface area contributed by atoms with Crippen molar-refractivity contribution in [2.24, 2.45) is 0 Å². The van der Waals surface area contributed by atoms with Gasteiger partial charge in [-0.3, -0.25) is 0 Å². The Morgan fingerprint density at radius 1 is 0.207 bits per heavy atom. The second-order valence-electron chi connectivity index (χ2n) is 6.34. The molecule has 1 aliphatic rings. The van der Waals surface area contributed by atoms with E-state index in [4.69, 9.17) is 0 Å². The standard InChI is InChI=1S/C29H34/c1-2-4-6-8-10-12-14-16-18-20-22-24-26-28-29-27-25-23-21-19-17-15-13-11-9-7-5-3-1/h1-24H,25-29H2/b3-1-,4-2-,7-5-,8-6+,11-9-,12-10-,15-13-,16-14-,19-17-,20-18-,23-21?,24-22-. The average Bonchev–Trinajstić information content (AvgIpc) is 2.73. The van der Waals surface area contributed by atoms with Gasteiger partial charge >= 0.3 is 0 Å². The molecule has 0 saturated heterocycles. The van der Waals surface area contributed by atoms with Gasteiger partial charge in [0.15, 0.2) is 0 Å². The van der Waals surface area contributed by atoms with Gasteiger partial charge in [-0.25, -0.2) is 0 Å². The third kappa shape index (κ3) is 19.4. The fourth-order valence-electron chi connectivity index (χ4n) is 2.33. The lowest BCUT2D eigenvalue weighted by Gasteiger charge is -1.94. The summed E-state index contributed by atoms with van der Waals surface area (Å²) in [5.41, 5.74) is 0. The van der Waals surface area contributed by atoms with Crippen molar-refractivity contribution < 1.29 is 0 Å². The third-order valence-electron chi connectivity index (χ3n) is 3.85. The van der Waals surface area contributed by atoms with Gasteiger partial charge < -0.3 is 0 Å². The maximum Gasteiger partial charge on any atom is -0.0348 e. The molecule has 0 bridgehead atoms. The van der Waals surface area contributed by atoms with E-state index in [0.29, 0.717) is 0 Å². The minimum absolute atomic E-state index is 1.15. The molecule has 0 aliphatic heterocycles. The Morgan fingerprint density at radius 3 is 0.655 bits per heavy atom. The van der Waals surface area contributed by atoms with Crippen molar-refractivity contribution in [3.63, 3.8) is 0 Å². The van der Waals surface area contributed by atoms with Crippen LogP contribution < -0.4 is 0 Å². The number of hydrogen-bond donors (Lipinski definition) is 0. The molecule has 0 radical (unpaired) electrons. The molecule has 0 saturated carbocycles. The van der Waals surface area contributed by atoms with Gasteiger partial charge in [-0.1, -0.05) is 152 Å². The van der Waals surface area contributed by atoms with E-state index in [2.05, 4.69) is 48.6 Å². The van der Waals surface area contributed by atoms with E-state index in [1.54, 1.807) is 0 Å². The molecule has 0 nitrogen and oxygen atoms in total. The van der Waals surface area contributed by atoms with Crippen molar-refractivity contribution >= 4 is 0 Å². The smallest absolute Gasteiger partial charge is 0.0348 e. The minimum atomic E-state index is 1.15. The lowest BCUT2D eigenvalue weighted by atomic mass is 10.1. The van der Waals surface area contributed by atoms with Gasteiger partial charge in [0.05, 0.1) is 0 Å². The molecule has 0 unspecified atom stereocenters. The summed E-state index contributed by atoms with van der Waals surface area (Å²) in [6, 6.07) is 0. The Labute approximate surface area is 178 Å². The monoisotopic (exact) mass is 382 g/mol. The molecule has 0 aromatic carbocycles. The van der Waals surface area contributed by atoms with Gasteiger partial charge in [0, 0.05) is 0 Å². The minimum Gasteiger partial charge on any atom is -0.0845 e. The topological polar surface area (TPSA) is 0 Å². The molecule has 150 valence electrons. The lowest BCUT2D eigenvalue weighted by Crippen LogP contribution is -1.74. The van der Waals surface area contributed by atoms with Crippen LogP contribution in [0.3, 0.4) is 0 Å². The van der Waals surface area contributed by atoms with Crippen molar-refractivity contribution in [2.45, 2.75) is 32.1 Å². The molecule has 0 heterocycles. The van der Waals surface area contributed by atoms with Crippen LogP contribution in [0.5, 0.6) is 0 Å². The molecule has 29 heavy (non-hydrogen) atoms. The number of hydrogen-bond acceptors (Lipinski definition) is 0. The maximum absolute atomic E-state index is 2.25. The highest BCUT2D eigenvalue weighted by atomic mass is 13.9. The quantitative estimate of drug-likeness (QED) is 0.393. The van der Waals surface area contributed by atoms with E-state index in [0.717, 1.165) is 12.8 Å². The Bertz CT molecular complexity index is 671. The molecule has 1 aliphatic carbocycles. The van der Waals surface area contributed by atoms with Gasteiger partial charge in [0.25, 0.3) is 0 Å². The molecule has 0 heteroatoms. The van der Waals surface area contributed by atoms with Gasteiger partial charge in [0.1, 0.15) is 0 Å². The van der Waals surface area contributed by atoms with E-state index in [1.165, 1.54) is 19.3 Å². The molecule has 1 rings (SSSR count). The highest BCUT2D eigenvalue weighted by molar-refractivity contribution is 5.23. The molecule has 0 aromatic heterocycles. The van der Waals surface area contributed by atoms with Crippen molar-refractivity contribution in [3.05, 3.63) is 146 Å². The van der Waals surface area contributed by atoms with Crippen molar-refractivity contribution in [1.82, 2.24) is 0 Å². The predicted molar refractivity (Wildman–Crippen MR) is 133 cm³/mol. The zero-order valence-electron chi connectivity index (χ0n) is 17.4.